The molecule has 0 bridgehead atoms. The first-order valence-electron chi connectivity index (χ1n) is 7.60. The minimum atomic E-state index is -0.756. The lowest BCUT2D eigenvalue weighted by Gasteiger charge is -2.26. The third-order valence-electron chi connectivity index (χ3n) is 3.42. The molecule has 1 heterocycles. The molecule has 1 fully saturated rings. The molecule has 1 aliphatic heterocycles. The number of amides is 2. The van der Waals surface area contributed by atoms with Crippen molar-refractivity contribution in [3.63, 3.8) is 0 Å². The molecule has 2 amide bonds. The van der Waals surface area contributed by atoms with E-state index in [1.165, 1.54) is 0 Å². The third-order valence-corrected chi connectivity index (χ3v) is 3.42. The monoisotopic (exact) mass is 314 g/mol. The van der Waals surface area contributed by atoms with Crippen LogP contribution in [0.4, 0.5) is 4.79 Å². The quantitative estimate of drug-likeness (QED) is 0.747. The number of nitrogens with one attached hydrogen (secondary N) is 2. The molecule has 1 saturated heterocycles. The van der Waals surface area contributed by atoms with Crippen molar-refractivity contribution in [1.82, 2.24) is 10.6 Å². The van der Waals surface area contributed by atoms with Crippen molar-refractivity contribution in [3.05, 3.63) is 0 Å². The smallest absolute Gasteiger partial charge is 0.408 e. The molecule has 0 aromatic heterocycles. The van der Waals surface area contributed by atoms with Gasteiger partial charge >= 0.3 is 12.1 Å². The van der Waals surface area contributed by atoms with E-state index in [9.17, 15) is 14.4 Å². The molecule has 0 aliphatic carbocycles. The van der Waals surface area contributed by atoms with Crippen molar-refractivity contribution < 1.29 is 23.9 Å². The summed E-state index contributed by atoms with van der Waals surface area (Å²) in [6.07, 6.45) is 0.495. The number of hydrogen-bond donors (Lipinski definition) is 2. The first-order valence-corrected chi connectivity index (χ1v) is 7.60. The molecule has 22 heavy (non-hydrogen) atoms. The molecule has 7 nitrogen and oxygen atoms in total. The standard InChI is InChI=1S/C15H26N2O5/c1-6-9(2)11(17-14(20)22-15(3,4)5)12(18)16-10-7-8-21-13(10)19/h9-11H,6-8H2,1-5H3,(H,16,18)(H,17,20)/t9?,10-,11-/m0/s1. The highest BCUT2D eigenvalue weighted by molar-refractivity contribution is 5.90. The fraction of sp³-hybridized carbons (Fsp3) is 0.800. The molecule has 2 N–H and O–H groups in total. The normalized spacial score (nSPS) is 20.8. The summed E-state index contributed by atoms with van der Waals surface area (Å²) >= 11 is 0. The topological polar surface area (TPSA) is 93.7 Å². The summed E-state index contributed by atoms with van der Waals surface area (Å²) in [4.78, 5) is 35.7. The molecule has 0 radical (unpaired) electrons. The predicted molar refractivity (Wildman–Crippen MR) is 80.1 cm³/mol. The molecular weight excluding hydrogens is 288 g/mol. The van der Waals surface area contributed by atoms with E-state index < -0.39 is 35.7 Å². The molecule has 0 saturated carbocycles. The van der Waals surface area contributed by atoms with Crippen molar-refractivity contribution >= 4 is 18.0 Å². The Hall–Kier alpha value is -1.79. The summed E-state index contributed by atoms with van der Waals surface area (Å²) in [6.45, 7) is 9.33. The summed E-state index contributed by atoms with van der Waals surface area (Å²) in [5.74, 6) is -0.928. The minimum Gasteiger partial charge on any atom is -0.464 e. The van der Waals surface area contributed by atoms with E-state index in [0.29, 0.717) is 19.4 Å². The first kappa shape index (κ1) is 18.3. The van der Waals surface area contributed by atoms with E-state index in [1.807, 2.05) is 13.8 Å². The first-order chi connectivity index (χ1) is 10.1. The highest BCUT2D eigenvalue weighted by atomic mass is 16.6. The zero-order chi connectivity index (χ0) is 16.9. The van der Waals surface area contributed by atoms with Crippen LogP contribution in [0.25, 0.3) is 0 Å². The Balaban J connectivity index is 2.69. The Morgan fingerprint density at radius 1 is 1.41 bits per heavy atom. The van der Waals surface area contributed by atoms with Crippen LogP contribution in [0.1, 0.15) is 47.5 Å². The predicted octanol–water partition coefficient (Wildman–Crippen LogP) is 1.36. The van der Waals surface area contributed by atoms with E-state index in [4.69, 9.17) is 9.47 Å². The molecule has 126 valence electrons. The number of ether oxygens (including phenoxy) is 2. The second-order valence-corrected chi connectivity index (χ2v) is 6.53. The van der Waals surface area contributed by atoms with Crippen molar-refractivity contribution in [2.45, 2.75) is 65.1 Å². The number of carbonyl (C=O) groups is 3. The van der Waals surface area contributed by atoms with Gasteiger partial charge in [0, 0.05) is 6.42 Å². The van der Waals surface area contributed by atoms with Crippen LogP contribution in [-0.2, 0) is 19.1 Å². The van der Waals surface area contributed by atoms with E-state index in [0.717, 1.165) is 0 Å². The number of esters is 1. The van der Waals surface area contributed by atoms with Gasteiger partial charge in [-0.3, -0.25) is 4.79 Å². The highest BCUT2D eigenvalue weighted by Gasteiger charge is 2.33. The van der Waals surface area contributed by atoms with Crippen LogP contribution < -0.4 is 10.6 Å². The summed E-state index contributed by atoms with van der Waals surface area (Å²) < 4.78 is 10.00. The maximum absolute atomic E-state index is 12.4. The van der Waals surface area contributed by atoms with Gasteiger partial charge in [0.1, 0.15) is 17.7 Å². The Kier molecular flexibility index (Phi) is 6.20. The zero-order valence-corrected chi connectivity index (χ0v) is 13.9. The Bertz CT molecular complexity index is 430. The van der Waals surface area contributed by atoms with Gasteiger partial charge in [0.05, 0.1) is 6.61 Å². The van der Waals surface area contributed by atoms with Crippen molar-refractivity contribution in [2.75, 3.05) is 6.61 Å². The van der Waals surface area contributed by atoms with Crippen LogP contribution in [0.5, 0.6) is 0 Å². The summed E-state index contributed by atoms with van der Waals surface area (Å²) in [7, 11) is 0. The maximum atomic E-state index is 12.4. The third kappa shape index (κ3) is 5.54. The van der Waals surface area contributed by atoms with Gasteiger partial charge in [-0.05, 0) is 26.7 Å². The van der Waals surface area contributed by atoms with Gasteiger partial charge < -0.3 is 20.1 Å². The molecule has 0 spiro atoms. The van der Waals surface area contributed by atoms with Crippen LogP contribution in [0.2, 0.25) is 0 Å². The van der Waals surface area contributed by atoms with Crippen molar-refractivity contribution in [1.29, 1.82) is 0 Å². The van der Waals surface area contributed by atoms with E-state index >= 15 is 0 Å². The highest BCUT2D eigenvalue weighted by Crippen LogP contribution is 2.13. The molecule has 3 atom stereocenters. The van der Waals surface area contributed by atoms with Gasteiger partial charge in [0.15, 0.2) is 0 Å². The largest absolute Gasteiger partial charge is 0.464 e. The van der Waals surface area contributed by atoms with Gasteiger partial charge in [-0.2, -0.15) is 0 Å². The second kappa shape index (κ2) is 7.47. The average molecular weight is 314 g/mol. The lowest BCUT2D eigenvalue weighted by molar-refractivity contribution is -0.141. The fourth-order valence-corrected chi connectivity index (χ4v) is 2.02. The Morgan fingerprint density at radius 3 is 2.50 bits per heavy atom. The van der Waals surface area contributed by atoms with E-state index in [1.54, 1.807) is 20.8 Å². The van der Waals surface area contributed by atoms with Gasteiger partial charge in [-0.1, -0.05) is 20.3 Å². The van der Waals surface area contributed by atoms with Crippen LogP contribution >= 0.6 is 0 Å². The number of rotatable bonds is 5. The van der Waals surface area contributed by atoms with Crippen LogP contribution in [0.15, 0.2) is 0 Å². The molecule has 7 heteroatoms. The Morgan fingerprint density at radius 2 is 2.05 bits per heavy atom. The number of alkyl carbamates (subject to hydrolysis) is 1. The van der Waals surface area contributed by atoms with Gasteiger partial charge in [0.2, 0.25) is 5.91 Å². The molecule has 1 aliphatic rings. The van der Waals surface area contributed by atoms with E-state index in [2.05, 4.69) is 10.6 Å². The van der Waals surface area contributed by atoms with Gasteiger partial charge in [-0.15, -0.1) is 0 Å². The summed E-state index contributed by atoms with van der Waals surface area (Å²) in [5, 5.41) is 5.22. The SMILES string of the molecule is CCC(C)[C@H](NC(=O)OC(C)(C)C)C(=O)N[C@H]1CCOC1=O. The van der Waals surface area contributed by atoms with Gasteiger partial charge in [-0.25, -0.2) is 9.59 Å². The Labute approximate surface area is 131 Å². The molecule has 1 unspecified atom stereocenters. The van der Waals surface area contributed by atoms with Crippen LogP contribution in [0.3, 0.4) is 0 Å². The van der Waals surface area contributed by atoms with Crippen molar-refractivity contribution in [2.24, 2.45) is 5.92 Å². The summed E-state index contributed by atoms with van der Waals surface area (Å²) in [6, 6.07) is -1.40. The minimum absolute atomic E-state index is 0.0926. The van der Waals surface area contributed by atoms with Crippen molar-refractivity contribution in [3.8, 4) is 0 Å². The number of carbonyl (C=O) groups excluding carboxylic acids is 3. The lowest BCUT2D eigenvalue weighted by atomic mass is 9.98. The fourth-order valence-electron chi connectivity index (χ4n) is 2.02. The second-order valence-electron chi connectivity index (χ2n) is 6.53. The average Bonchev–Trinajstić information content (AvgIpc) is 2.78. The maximum Gasteiger partial charge on any atom is 0.408 e. The molecule has 1 rings (SSSR count). The number of hydrogen-bond acceptors (Lipinski definition) is 5. The van der Waals surface area contributed by atoms with Crippen LogP contribution in [0, 0.1) is 5.92 Å². The van der Waals surface area contributed by atoms with Crippen LogP contribution in [-0.4, -0.2) is 42.3 Å². The molecule has 0 aromatic carbocycles. The number of cyclic esters (lactones) is 1. The molecule has 0 aromatic rings. The zero-order valence-electron chi connectivity index (χ0n) is 13.9. The van der Waals surface area contributed by atoms with Gasteiger partial charge in [0.25, 0.3) is 0 Å². The summed E-state index contributed by atoms with van der Waals surface area (Å²) in [5.41, 5.74) is -0.643. The lowest BCUT2D eigenvalue weighted by Crippen LogP contribution is -2.54. The molecular formula is C15H26N2O5. The van der Waals surface area contributed by atoms with E-state index in [-0.39, 0.29) is 5.92 Å².